The number of nitrogens with zero attached hydrogens (tertiary/aromatic N) is 1. The number of nitrogens with one attached hydrogen (secondary N) is 2. The molecule has 1 aliphatic heterocycles. The number of ether oxygens (including phenoxy) is 3. The number of hydrogen-bond donors (Lipinski definition) is 2. The fourth-order valence-corrected chi connectivity index (χ4v) is 4.55. The summed E-state index contributed by atoms with van der Waals surface area (Å²) in [5.41, 5.74) is 1.17. The first-order valence-electron chi connectivity index (χ1n) is 13.0. The smallest absolute Gasteiger partial charge is 0.325 e. The van der Waals surface area contributed by atoms with Crippen molar-refractivity contribution in [3.63, 3.8) is 0 Å². The second-order valence-corrected chi connectivity index (χ2v) is 9.21. The minimum atomic E-state index is -1.26. The van der Waals surface area contributed by atoms with Gasteiger partial charge in [0.1, 0.15) is 36.0 Å². The van der Waals surface area contributed by atoms with Crippen molar-refractivity contribution in [2.45, 2.75) is 31.8 Å². The molecule has 0 saturated carbocycles. The quantitative estimate of drug-likeness (QED) is 0.252. The molecule has 2 N–H and O–H groups in total. The Kier molecular flexibility index (Phi) is 9.34. The zero-order valence-corrected chi connectivity index (χ0v) is 22.6. The van der Waals surface area contributed by atoms with E-state index >= 15 is 0 Å². The van der Waals surface area contributed by atoms with Gasteiger partial charge in [0, 0.05) is 19.1 Å². The van der Waals surface area contributed by atoms with Crippen LogP contribution in [-0.2, 0) is 14.3 Å². The van der Waals surface area contributed by atoms with Crippen LogP contribution in [0.5, 0.6) is 11.5 Å². The first-order chi connectivity index (χ1) is 19.3. The first-order valence-corrected chi connectivity index (χ1v) is 13.0. The molecule has 9 nitrogen and oxygen atoms in total. The Morgan fingerprint density at radius 1 is 1.00 bits per heavy atom. The molecule has 0 aliphatic carbocycles. The van der Waals surface area contributed by atoms with Gasteiger partial charge >= 0.3 is 6.03 Å². The van der Waals surface area contributed by atoms with E-state index in [0.717, 1.165) is 10.5 Å². The number of benzene rings is 3. The molecule has 1 saturated heterocycles. The van der Waals surface area contributed by atoms with Gasteiger partial charge in [0.25, 0.3) is 5.91 Å². The van der Waals surface area contributed by atoms with Gasteiger partial charge in [0.05, 0.1) is 18.9 Å². The van der Waals surface area contributed by atoms with Crippen LogP contribution in [0.4, 0.5) is 14.9 Å². The number of urea groups is 1. The molecule has 0 spiro atoms. The molecule has 3 atom stereocenters. The largest absolute Gasteiger partial charge is 0.494 e. The highest BCUT2D eigenvalue weighted by atomic mass is 19.1. The predicted molar refractivity (Wildman–Crippen MR) is 147 cm³/mol. The van der Waals surface area contributed by atoms with Crippen LogP contribution in [0.15, 0.2) is 72.8 Å². The topological polar surface area (TPSA) is 106 Å². The monoisotopic (exact) mass is 549 g/mol. The second kappa shape index (κ2) is 13.1. The number of amides is 4. The van der Waals surface area contributed by atoms with Crippen molar-refractivity contribution in [1.29, 1.82) is 0 Å². The summed E-state index contributed by atoms with van der Waals surface area (Å²) >= 11 is 0. The van der Waals surface area contributed by atoms with Crippen LogP contribution in [0.2, 0.25) is 0 Å². The van der Waals surface area contributed by atoms with Gasteiger partial charge in [-0.3, -0.25) is 9.59 Å². The van der Waals surface area contributed by atoms with Crippen molar-refractivity contribution in [1.82, 2.24) is 10.2 Å². The fourth-order valence-electron chi connectivity index (χ4n) is 4.55. The second-order valence-electron chi connectivity index (χ2n) is 9.21. The van der Waals surface area contributed by atoms with E-state index in [2.05, 4.69) is 10.6 Å². The van der Waals surface area contributed by atoms with Crippen molar-refractivity contribution in [2.24, 2.45) is 0 Å². The summed E-state index contributed by atoms with van der Waals surface area (Å²) in [5, 5.41) is 5.25. The lowest BCUT2D eigenvalue weighted by atomic mass is 9.91. The van der Waals surface area contributed by atoms with Crippen molar-refractivity contribution < 1.29 is 33.0 Å². The number of carbonyl (C=O) groups is 3. The lowest BCUT2D eigenvalue weighted by molar-refractivity contribution is -0.134. The molecular formula is C30H32FN3O6. The highest BCUT2D eigenvalue weighted by molar-refractivity contribution is 6.10. The van der Waals surface area contributed by atoms with Crippen LogP contribution in [-0.4, -0.2) is 55.7 Å². The zero-order valence-electron chi connectivity index (χ0n) is 22.6. The third-order valence-corrected chi connectivity index (χ3v) is 6.60. The summed E-state index contributed by atoms with van der Waals surface area (Å²) in [6.45, 7) is 4.68. The summed E-state index contributed by atoms with van der Waals surface area (Å²) < 4.78 is 30.7. The normalized spacial score (nSPS) is 16.3. The molecule has 3 aromatic carbocycles. The summed E-state index contributed by atoms with van der Waals surface area (Å²) in [6, 6.07) is 16.9. The predicted octanol–water partition coefficient (Wildman–Crippen LogP) is 4.65. The average molecular weight is 550 g/mol. The maximum Gasteiger partial charge on any atom is 0.325 e. The molecule has 40 heavy (non-hydrogen) atoms. The summed E-state index contributed by atoms with van der Waals surface area (Å²) in [7, 11) is 1.58. The van der Waals surface area contributed by atoms with Gasteiger partial charge in [-0.2, -0.15) is 0 Å². The molecule has 1 heterocycles. The van der Waals surface area contributed by atoms with E-state index in [1.807, 2.05) is 6.07 Å². The maximum atomic E-state index is 14.8. The summed E-state index contributed by atoms with van der Waals surface area (Å²) in [6.07, 6.45) is 0. The molecule has 0 radical (unpaired) electrons. The van der Waals surface area contributed by atoms with Crippen molar-refractivity contribution in [3.05, 3.63) is 89.7 Å². The number of halogens is 1. The van der Waals surface area contributed by atoms with Crippen molar-refractivity contribution in [2.75, 3.05) is 32.2 Å². The van der Waals surface area contributed by atoms with Gasteiger partial charge < -0.3 is 24.8 Å². The first kappa shape index (κ1) is 28.6. The van der Waals surface area contributed by atoms with E-state index in [9.17, 15) is 18.8 Å². The van der Waals surface area contributed by atoms with E-state index in [0.29, 0.717) is 36.9 Å². The van der Waals surface area contributed by atoms with E-state index in [1.165, 1.54) is 18.2 Å². The van der Waals surface area contributed by atoms with Crippen LogP contribution < -0.4 is 20.1 Å². The standard InChI is InChI=1S/C30H32FN3O6/c1-4-39-23-14-15-25(24(31)18-23)32-28(35)27(19(2)20-8-6-5-7-9-20)34-29(36)26(33-30(34)37)21-10-12-22(13-11-21)40-17-16-38-3/h5-15,18-19,26-27H,4,16-17H2,1-3H3,(H,32,35)(H,33,37)/t19-,26+,27-/m0/s1. The highest BCUT2D eigenvalue weighted by Gasteiger charge is 2.47. The SMILES string of the molecule is CCOc1ccc(NC(=O)[C@H]([C@@H](C)c2ccccc2)N2C(=O)N[C@H](c3ccc(OCCOC)cc3)C2=O)c(F)c1. The van der Waals surface area contributed by atoms with Gasteiger partial charge in [-0.25, -0.2) is 14.1 Å². The highest BCUT2D eigenvalue weighted by Crippen LogP contribution is 2.32. The Morgan fingerprint density at radius 3 is 2.35 bits per heavy atom. The molecule has 1 aliphatic rings. The van der Waals surface area contributed by atoms with E-state index in [1.54, 1.807) is 69.5 Å². The Labute approximate surface area is 232 Å². The summed E-state index contributed by atoms with van der Waals surface area (Å²) in [4.78, 5) is 41.5. The molecule has 210 valence electrons. The molecular weight excluding hydrogens is 517 g/mol. The molecule has 3 aromatic rings. The fraction of sp³-hybridized carbons (Fsp3) is 0.300. The molecule has 0 unspecified atom stereocenters. The Morgan fingerprint density at radius 2 is 1.70 bits per heavy atom. The summed E-state index contributed by atoms with van der Waals surface area (Å²) in [5.74, 6) is -1.69. The lowest BCUT2D eigenvalue weighted by Crippen LogP contribution is -2.50. The van der Waals surface area contributed by atoms with Crippen LogP contribution in [0.3, 0.4) is 0 Å². The number of rotatable bonds is 12. The Hall–Kier alpha value is -4.44. The Balaban J connectivity index is 1.61. The third-order valence-electron chi connectivity index (χ3n) is 6.60. The molecule has 0 bridgehead atoms. The van der Waals surface area contributed by atoms with Crippen molar-refractivity contribution in [3.8, 4) is 11.5 Å². The Bertz CT molecular complexity index is 1340. The van der Waals surface area contributed by atoms with Gasteiger partial charge in [0.15, 0.2) is 0 Å². The lowest BCUT2D eigenvalue weighted by Gasteiger charge is -2.30. The zero-order chi connectivity index (χ0) is 28.6. The van der Waals surface area contributed by atoms with Gasteiger partial charge in [0.2, 0.25) is 5.91 Å². The number of hydrogen-bond acceptors (Lipinski definition) is 6. The number of methoxy groups -OCH3 is 1. The minimum Gasteiger partial charge on any atom is -0.494 e. The van der Waals surface area contributed by atoms with Crippen LogP contribution >= 0.6 is 0 Å². The minimum absolute atomic E-state index is 0.0913. The van der Waals surface area contributed by atoms with E-state index in [-0.39, 0.29) is 5.69 Å². The number of anilines is 1. The van der Waals surface area contributed by atoms with E-state index < -0.39 is 41.7 Å². The van der Waals surface area contributed by atoms with Crippen LogP contribution in [0.1, 0.15) is 36.9 Å². The molecule has 0 aromatic heterocycles. The van der Waals surface area contributed by atoms with Crippen LogP contribution in [0, 0.1) is 5.82 Å². The number of carbonyl (C=O) groups excluding carboxylic acids is 3. The van der Waals surface area contributed by atoms with Gasteiger partial charge in [-0.1, -0.05) is 49.4 Å². The molecule has 10 heteroatoms. The van der Waals surface area contributed by atoms with E-state index in [4.69, 9.17) is 14.2 Å². The average Bonchev–Trinajstić information content (AvgIpc) is 3.25. The number of imide groups is 1. The van der Waals surface area contributed by atoms with Crippen molar-refractivity contribution >= 4 is 23.5 Å². The molecule has 1 fully saturated rings. The van der Waals surface area contributed by atoms with Crippen LogP contribution in [0.25, 0.3) is 0 Å². The molecule has 4 rings (SSSR count). The third kappa shape index (κ3) is 6.40. The molecule has 4 amide bonds. The van der Waals surface area contributed by atoms with Gasteiger partial charge in [-0.05, 0) is 42.3 Å². The van der Waals surface area contributed by atoms with Gasteiger partial charge in [-0.15, -0.1) is 0 Å². The maximum absolute atomic E-state index is 14.8.